The number of rotatable bonds is 8. The summed E-state index contributed by atoms with van der Waals surface area (Å²) in [7, 11) is 1.58. The number of pyridine rings is 1. The third kappa shape index (κ3) is 4.89. The van der Waals surface area contributed by atoms with Gasteiger partial charge in [-0.2, -0.15) is 0 Å². The lowest BCUT2D eigenvalue weighted by Crippen LogP contribution is -2.29. The van der Waals surface area contributed by atoms with E-state index in [1.807, 2.05) is 26.0 Å². The predicted octanol–water partition coefficient (Wildman–Crippen LogP) is 4.81. The number of methoxy groups -OCH3 is 1. The Bertz CT molecular complexity index is 1250. The van der Waals surface area contributed by atoms with Crippen molar-refractivity contribution in [3.8, 4) is 11.5 Å². The number of aliphatic hydroxyl groups is 1. The minimum atomic E-state index is -0.776. The molecule has 1 unspecified atom stereocenters. The van der Waals surface area contributed by atoms with E-state index in [1.54, 1.807) is 62.0 Å². The Labute approximate surface area is 204 Å². The normalized spacial score (nSPS) is 17.0. The van der Waals surface area contributed by atoms with Crippen LogP contribution in [0.4, 0.5) is 0 Å². The number of aliphatic hydroxyl groups excluding tert-OH is 1. The molecule has 1 amide bonds. The molecule has 7 nitrogen and oxygen atoms in total. The topological polar surface area (TPSA) is 89.0 Å². The number of carbonyl (C=O) groups excluding carboxylic acids is 2. The first kappa shape index (κ1) is 24.0. The van der Waals surface area contributed by atoms with Crippen molar-refractivity contribution in [1.29, 1.82) is 0 Å². The van der Waals surface area contributed by atoms with Gasteiger partial charge in [0, 0.05) is 24.5 Å². The molecular formula is C28H28N2O5. The molecule has 0 bridgehead atoms. The van der Waals surface area contributed by atoms with Crippen LogP contribution >= 0.6 is 0 Å². The van der Waals surface area contributed by atoms with Crippen LogP contribution in [0.2, 0.25) is 0 Å². The Hall–Kier alpha value is -4.13. The zero-order valence-electron chi connectivity index (χ0n) is 20.0. The molecule has 4 rings (SSSR count). The van der Waals surface area contributed by atoms with E-state index in [9.17, 15) is 14.7 Å². The first-order valence-corrected chi connectivity index (χ1v) is 11.5. The van der Waals surface area contributed by atoms with Gasteiger partial charge in [-0.05, 0) is 66.4 Å². The van der Waals surface area contributed by atoms with Crippen LogP contribution < -0.4 is 9.47 Å². The molecule has 35 heavy (non-hydrogen) atoms. The molecule has 1 N–H and O–H groups in total. The summed E-state index contributed by atoms with van der Waals surface area (Å²) >= 11 is 0. The van der Waals surface area contributed by atoms with Crippen LogP contribution in [0.3, 0.4) is 0 Å². The monoisotopic (exact) mass is 472 g/mol. The number of ether oxygens (including phenoxy) is 2. The molecule has 0 spiro atoms. The Kier molecular flexibility index (Phi) is 7.15. The van der Waals surface area contributed by atoms with Gasteiger partial charge in [-0.25, -0.2) is 0 Å². The van der Waals surface area contributed by atoms with Gasteiger partial charge in [0.15, 0.2) is 0 Å². The molecule has 0 aliphatic carbocycles. The van der Waals surface area contributed by atoms with Crippen LogP contribution in [0.5, 0.6) is 11.5 Å². The molecule has 0 radical (unpaired) electrons. The first-order chi connectivity index (χ1) is 16.9. The molecule has 0 saturated carbocycles. The molecule has 1 aliphatic rings. The van der Waals surface area contributed by atoms with E-state index in [-0.39, 0.29) is 17.9 Å². The summed E-state index contributed by atoms with van der Waals surface area (Å²) in [6, 6.07) is 15.3. The zero-order chi connectivity index (χ0) is 24.9. The van der Waals surface area contributed by atoms with Crippen LogP contribution in [0.1, 0.15) is 41.6 Å². The van der Waals surface area contributed by atoms with E-state index >= 15 is 0 Å². The zero-order valence-corrected chi connectivity index (χ0v) is 20.0. The minimum absolute atomic E-state index is 0.0399. The van der Waals surface area contributed by atoms with Crippen molar-refractivity contribution in [3.63, 3.8) is 0 Å². The molecular weight excluding hydrogens is 444 g/mol. The van der Waals surface area contributed by atoms with E-state index in [4.69, 9.17) is 9.47 Å². The number of nitrogens with zero attached hydrogens (tertiary/aromatic N) is 2. The fourth-order valence-corrected chi connectivity index (χ4v) is 4.18. The second kappa shape index (κ2) is 10.4. The van der Waals surface area contributed by atoms with Crippen LogP contribution in [-0.2, 0) is 16.1 Å². The molecule has 1 aliphatic heterocycles. The summed E-state index contributed by atoms with van der Waals surface area (Å²) in [5.74, 6) is -0.210. The van der Waals surface area contributed by atoms with Crippen molar-refractivity contribution in [2.45, 2.75) is 32.9 Å². The lowest BCUT2D eigenvalue weighted by Gasteiger charge is -2.25. The third-order valence-electron chi connectivity index (χ3n) is 5.96. The second-order valence-electron chi connectivity index (χ2n) is 8.39. The lowest BCUT2D eigenvalue weighted by atomic mass is 9.95. The van der Waals surface area contributed by atoms with E-state index in [2.05, 4.69) is 4.98 Å². The van der Waals surface area contributed by atoms with Gasteiger partial charge in [0.25, 0.3) is 11.7 Å². The summed E-state index contributed by atoms with van der Waals surface area (Å²) in [6.07, 6.45) is 4.11. The highest BCUT2D eigenvalue weighted by Crippen LogP contribution is 2.40. The number of aromatic nitrogens is 1. The van der Waals surface area contributed by atoms with Crippen molar-refractivity contribution < 1.29 is 24.2 Å². The van der Waals surface area contributed by atoms with Gasteiger partial charge in [0.1, 0.15) is 17.3 Å². The van der Waals surface area contributed by atoms with Crippen molar-refractivity contribution in [2.24, 2.45) is 0 Å². The molecule has 1 atom stereocenters. The second-order valence-corrected chi connectivity index (χ2v) is 8.39. The van der Waals surface area contributed by atoms with Gasteiger partial charge >= 0.3 is 0 Å². The fraction of sp³-hybridized carbons (Fsp3) is 0.250. The van der Waals surface area contributed by atoms with E-state index in [0.717, 1.165) is 17.5 Å². The van der Waals surface area contributed by atoms with E-state index in [1.165, 1.54) is 4.90 Å². The summed E-state index contributed by atoms with van der Waals surface area (Å²) in [4.78, 5) is 32.0. The van der Waals surface area contributed by atoms with E-state index < -0.39 is 17.7 Å². The molecule has 180 valence electrons. The van der Waals surface area contributed by atoms with Gasteiger partial charge in [0.2, 0.25) is 0 Å². The Morgan fingerprint density at radius 2 is 1.89 bits per heavy atom. The molecule has 2 heterocycles. The quantitative estimate of drug-likeness (QED) is 0.288. The van der Waals surface area contributed by atoms with Crippen molar-refractivity contribution in [1.82, 2.24) is 9.88 Å². The maximum atomic E-state index is 13.2. The summed E-state index contributed by atoms with van der Waals surface area (Å²) < 4.78 is 10.9. The van der Waals surface area contributed by atoms with Crippen LogP contribution in [0.25, 0.3) is 5.76 Å². The molecule has 1 fully saturated rings. The summed E-state index contributed by atoms with van der Waals surface area (Å²) in [5, 5.41) is 11.3. The minimum Gasteiger partial charge on any atom is -0.507 e. The molecule has 3 aromatic rings. The van der Waals surface area contributed by atoms with Crippen LogP contribution in [0.15, 0.2) is 72.6 Å². The molecule has 1 aromatic heterocycles. The number of hydrogen-bond donors (Lipinski definition) is 1. The summed E-state index contributed by atoms with van der Waals surface area (Å²) in [6.45, 7) is 4.68. The highest BCUT2D eigenvalue weighted by Gasteiger charge is 2.46. The molecule has 1 saturated heterocycles. The number of benzene rings is 2. The highest BCUT2D eigenvalue weighted by molar-refractivity contribution is 6.46. The van der Waals surface area contributed by atoms with Gasteiger partial charge in [-0.1, -0.05) is 25.1 Å². The number of hydrogen-bond acceptors (Lipinski definition) is 6. The van der Waals surface area contributed by atoms with Gasteiger partial charge in [-0.15, -0.1) is 0 Å². The Morgan fingerprint density at radius 1 is 1.11 bits per heavy atom. The van der Waals surface area contributed by atoms with Crippen molar-refractivity contribution in [3.05, 3.63) is 94.8 Å². The van der Waals surface area contributed by atoms with Gasteiger partial charge < -0.3 is 19.5 Å². The third-order valence-corrected chi connectivity index (χ3v) is 5.96. The number of likely N-dealkylation sites (tertiary alicyclic amines) is 1. The number of carbonyl (C=O) groups is 2. The summed E-state index contributed by atoms with van der Waals surface area (Å²) in [5.41, 5.74) is 2.78. The van der Waals surface area contributed by atoms with Gasteiger partial charge in [0.05, 0.1) is 25.3 Å². The van der Waals surface area contributed by atoms with Crippen LogP contribution in [0, 0.1) is 6.92 Å². The fourth-order valence-electron chi connectivity index (χ4n) is 4.18. The van der Waals surface area contributed by atoms with E-state index in [0.29, 0.717) is 29.2 Å². The number of aryl methyl sites for hydroxylation is 1. The average molecular weight is 473 g/mol. The average Bonchev–Trinajstić information content (AvgIpc) is 3.13. The maximum absolute atomic E-state index is 13.2. The lowest BCUT2D eigenvalue weighted by molar-refractivity contribution is -0.140. The smallest absolute Gasteiger partial charge is 0.295 e. The van der Waals surface area contributed by atoms with Crippen molar-refractivity contribution >= 4 is 17.4 Å². The SMILES string of the molecule is CCCOc1ccc(/C(O)=C2/C(=O)C(=O)N(Cc3ccc(OC)cc3)C2c2cccnc2)cc1C. The highest BCUT2D eigenvalue weighted by atomic mass is 16.5. The standard InChI is InChI=1S/C28H28N2O5/c1-4-14-35-23-12-9-20(15-18(23)2)26(31)24-25(21-6-5-13-29-16-21)30(28(33)27(24)32)17-19-7-10-22(34-3)11-8-19/h5-13,15-16,25,31H,4,14,17H2,1-3H3/b26-24-. The largest absolute Gasteiger partial charge is 0.507 e. The predicted molar refractivity (Wildman–Crippen MR) is 132 cm³/mol. The van der Waals surface area contributed by atoms with Crippen molar-refractivity contribution in [2.75, 3.05) is 13.7 Å². The van der Waals surface area contributed by atoms with Gasteiger partial charge in [-0.3, -0.25) is 14.6 Å². The first-order valence-electron chi connectivity index (χ1n) is 11.5. The number of amides is 1. The Balaban J connectivity index is 1.77. The van der Waals surface area contributed by atoms with Crippen LogP contribution in [-0.4, -0.2) is 40.4 Å². The maximum Gasteiger partial charge on any atom is 0.295 e. The molecule has 2 aromatic carbocycles. The number of Topliss-reactive ketones (excluding diaryl/α,β-unsaturated/α-hetero) is 1. The number of ketones is 1. The molecule has 7 heteroatoms. The Morgan fingerprint density at radius 3 is 2.51 bits per heavy atom.